The van der Waals surface area contributed by atoms with Crippen LogP contribution in [-0.2, 0) is 4.79 Å². The number of likely N-dealkylation sites (tertiary alicyclic amines) is 1. The van der Waals surface area contributed by atoms with Crippen molar-refractivity contribution in [2.75, 3.05) is 31.6 Å². The number of ether oxygens (including phenoxy) is 2. The molecule has 2 aromatic rings. The monoisotopic (exact) mass is 400 g/mol. The number of nitrogens with one attached hydrogen (secondary N) is 1. The van der Waals surface area contributed by atoms with E-state index in [0.717, 1.165) is 49.5 Å². The van der Waals surface area contributed by atoms with Crippen molar-refractivity contribution >= 4 is 23.2 Å². The second-order valence-corrected chi connectivity index (χ2v) is 7.70. The van der Waals surface area contributed by atoms with Crippen molar-refractivity contribution < 1.29 is 14.3 Å². The Kier molecular flexibility index (Phi) is 6.03. The Bertz CT molecular complexity index is 842. The fourth-order valence-corrected chi connectivity index (χ4v) is 4.08. The Labute approximate surface area is 170 Å². The van der Waals surface area contributed by atoms with Crippen LogP contribution >= 0.6 is 11.6 Å². The summed E-state index contributed by atoms with van der Waals surface area (Å²) in [6, 6.07) is 13.8. The number of carbonyl (C=O) groups excluding carboxylic acids is 1. The minimum absolute atomic E-state index is 0.00609. The normalized spacial score (nSPS) is 19.2. The van der Waals surface area contributed by atoms with Crippen LogP contribution < -0.4 is 14.8 Å². The van der Waals surface area contributed by atoms with Crippen molar-refractivity contribution in [2.24, 2.45) is 0 Å². The van der Waals surface area contributed by atoms with Crippen LogP contribution in [0.5, 0.6) is 11.5 Å². The average molecular weight is 401 g/mol. The van der Waals surface area contributed by atoms with E-state index in [1.807, 2.05) is 18.2 Å². The molecule has 2 heterocycles. The third-order valence-electron chi connectivity index (χ3n) is 5.25. The van der Waals surface area contributed by atoms with Gasteiger partial charge in [0.25, 0.3) is 0 Å². The Hall–Kier alpha value is -2.24. The number of fused-ring (bicyclic) bond motifs is 1. The largest absolute Gasteiger partial charge is 0.490 e. The van der Waals surface area contributed by atoms with E-state index in [4.69, 9.17) is 21.1 Å². The number of rotatable bonds is 5. The number of amides is 1. The third-order valence-corrected chi connectivity index (χ3v) is 5.49. The van der Waals surface area contributed by atoms with Crippen LogP contribution in [0.15, 0.2) is 42.5 Å². The first-order valence-electron chi connectivity index (χ1n) is 9.88. The molecular weight excluding hydrogens is 376 g/mol. The van der Waals surface area contributed by atoms with Gasteiger partial charge in [-0.3, -0.25) is 9.69 Å². The first kappa shape index (κ1) is 19.1. The number of benzene rings is 2. The highest BCUT2D eigenvalue weighted by atomic mass is 35.5. The Morgan fingerprint density at radius 3 is 2.82 bits per heavy atom. The van der Waals surface area contributed by atoms with Crippen LogP contribution in [0.1, 0.15) is 37.3 Å². The topological polar surface area (TPSA) is 50.8 Å². The first-order chi connectivity index (χ1) is 13.7. The summed E-state index contributed by atoms with van der Waals surface area (Å²) in [7, 11) is 0. The van der Waals surface area contributed by atoms with Gasteiger partial charge in [-0.25, -0.2) is 0 Å². The Morgan fingerprint density at radius 1 is 1.11 bits per heavy atom. The van der Waals surface area contributed by atoms with Gasteiger partial charge >= 0.3 is 0 Å². The van der Waals surface area contributed by atoms with Gasteiger partial charge in [-0.15, -0.1) is 0 Å². The van der Waals surface area contributed by atoms with Crippen molar-refractivity contribution in [1.29, 1.82) is 0 Å². The van der Waals surface area contributed by atoms with Crippen molar-refractivity contribution in [3.05, 3.63) is 53.1 Å². The number of hydrogen-bond acceptors (Lipinski definition) is 4. The fourth-order valence-electron chi connectivity index (χ4n) is 3.89. The molecule has 2 aromatic carbocycles. The molecule has 1 fully saturated rings. The lowest BCUT2D eigenvalue weighted by atomic mass is 10.0. The number of anilines is 1. The third kappa shape index (κ3) is 4.59. The van der Waals surface area contributed by atoms with E-state index >= 15 is 0 Å². The molecule has 0 bridgehead atoms. The second-order valence-electron chi connectivity index (χ2n) is 7.26. The van der Waals surface area contributed by atoms with Crippen LogP contribution in [0, 0.1) is 0 Å². The van der Waals surface area contributed by atoms with Crippen molar-refractivity contribution in [1.82, 2.24) is 4.90 Å². The molecule has 1 amide bonds. The van der Waals surface area contributed by atoms with E-state index in [2.05, 4.69) is 22.3 Å². The van der Waals surface area contributed by atoms with Crippen LogP contribution in [-0.4, -0.2) is 37.1 Å². The highest BCUT2D eigenvalue weighted by molar-refractivity contribution is 6.30. The quantitative estimate of drug-likeness (QED) is 0.792. The van der Waals surface area contributed by atoms with Gasteiger partial charge in [-0.1, -0.05) is 23.7 Å². The standard InChI is InChI=1S/C22H25ClN2O3/c23-17-4-1-5-18(15-17)24-22(26)9-11-25-10-2-6-19(25)16-7-8-20-21(14-16)28-13-3-12-27-20/h1,4-5,7-8,14-15,19H,2-3,6,9-13H2,(H,24,26). The minimum Gasteiger partial charge on any atom is -0.490 e. The van der Waals surface area contributed by atoms with Gasteiger partial charge < -0.3 is 14.8 Å². The average Bonchev–Trinajstić information content (AvgIpc) is 3.03. The molecule has 1 N–H and O–H groups in total. The van der Waals surface area contributed by atoms with E-state index in [0.29, 0.717) is 30.7 Å². The number of nitrogens with zero attached hydrogens (tertiary/aromatic N) is 1. The van der Waals surface area contributed by atoms with Gasteiger partial charge in [-0.05, 0) is 55.3 Å². The van der Waals surface area contributed by atoms with E-state index in [1.54, 1.807) is 12.1 Å². The maximum atomic E-state index is 12.3. The van der Waals surface area contributed by atoms with Gasteiger partial charge in [0.15, 0.2) is 11.5 Å². The summed E-state index contributed by atoms with van der Waals surface area (Å²) < 4.78 is 11.6. The molecular formula is C22H25ClN2O3. The number of carbonyl (C=O) groups is 1. The zero-order chi connectivity index (χ0) is 19.3. The highest BCUT2D eigenvalue weighted by Crippen LogP contribution is 2.37. The fraction of sp³-hybridized carbons (Fsp3) is 0.409. The lowest BCUT2D eigenvalue weighted by molar-refractivity contribution is -0.116. The zero-order valence-electron chi connectivity index (χ0n) is 15.8. The van der Waals surface area contributed by atoms with Crippen LogP contribution in [0.4, 0.5) is 5.69 Å². The lowest BCUT2D eigenvalue weighted by Crippen LogP contribution is -2.27. The summed E-state index contributed by atoms with van der Waals surface area (Å²) >= 11 is 5.98. The molecule has 2 aliphatic rings. The molecule has 0 aromatic heterocycles. The smallest absolute Gasteiger partial charge is 0.225 e. The van der Waals surface area contributed by atoms with Gasteiger partial charge in [0, 0.05) is 36.1 Å². The van der Waals surface area contributed by atoms with Gasteiger partial charge in [0.2, 0.25) is 5.91 Å². The summed E-state index contributed by atoms with van der Waals surface area (Å²) in [5, 5.41) is 3.54. The van der Waals surface area contributed by atoms with Crippen molar-refractivity contribution in [2.45, 2.75) is 31.7 Å². The first-order valence-corrected chi connectivity index (χ1v) is 10.3. The number of halogens is 1. The Balaban J connectivity index is 1.37. The van der Waals surface area contributed by atoms with E-state index in [1.165, 1.54) is 5.56 Å². The van der Waals surface area contributed by atoms with Gasteiger partial charge in [-0.2, -0.15) is 0 Å². The second kappa shape index (κ2) is 8.84. The molecule has 1 atom stereocenters. The minimum atomic E-state index is 0.00609. The summed E-state index contributed by atoms with van der Waals surface area (Å²) in [5.74, 6) is 1.67. The SMILES string of the molecule is O=C(CCN1CCCC1c1ccc2c(c1)OCCCO2)Nc1cccc(Cl)c1. The van der Waals surface area contributed by atoms with Crippen molar-refractivity contribution in [3.63, 3.8) is 0 Å². The van der Waals surface area contributed by atoms with Crippen LogP contribution in [0.3, 0.4) is 0 Å². The molecule has 0 aliphatic carbocycles. The maximum Gasteiger partial charge on any atom is 0.225 e. The Morgan fingerprint density at radius 2 is 1.96 bits per heavy atom. The molecule has 5 nitrogen and oxygen atoms in total. The molecule has 0 radical (unpaired) electrons. The lowest BCUT2D eigenvalue weighted by Gasteiger charge is -2.25. The van der Waals surface area contributed by atoms with Crippen LogP contribution in [0.25, 0.3) is 0 Å². The molecule has 0 saturated carbocycles. The molecule has 2 aliphatic heterocycles. The molecule has 6 heteroatoms. The van der Waals surface area contributed by atoms with E-state index < -0.39 is 0 Å². The summed E-state index contributed by atoms with van der Waals surface area (Å²) in [6.45, 7) is 3.12. The zero-order valence-corrected chi connectivity index (χ0v) is 16.6. The number of hydrogen-bond donors (Lipinski definition) is 1. The summed E-state index contributed by atoms with van der Waals surface area (Å²) in [4.78, 5) is 14.7. The molecule has 1 saturated heterocycles. The summed E-state index contributed by atoms with van der Waals surface area (Å²) in [5.41, 5.74) is 1.97. The molecule has 28 heavy (non-hydrogen) atoms. The molecule has 1 unspecified atom stereocenters. The molecule has 4 rings (SSSR count). The predicted molar refractivity (Wildman–Crippen MR) is 110 cm³/mol. The van der Waals surface area contributed by atoms with Gasteiger partial charge in [0.1, 0.15) is 0 Å². The predicted octanol–water partition coefficient (Wildman–Crippen LogP) is 4.67. The van der Waals surface area contributed by atoms with Gasteiger partial charge in [0.05, 0.1) is 13.2 Å². The van der Waals surface area contributed by atoms with E-state index in [9.17, 15) is 4.79 Å². The maximum absolute atomic E-state index is 12.3. The molecule has 0 spiro atoms. The van der Waals surface area contributed by atoms with E-state index in [-0.39, 0.29) is 5.91 Å². The van der Waals surface area contributed by atoms with Crippen molar-refractivity contribution in [3.8, 4) is 11.5 Å². The molecule has 148 valence electrons. The summed E-state index contributed by atoms with van der Waals surface area (Å²) in [6.07, 6.45) is 3.58. The highest BCUT2D eigenvalue weighted by Gasteiger charge is 2.27. The van der Waals surface area contributed by atoms with Crippen LogP contribution in [0.2, 0.25) is 5.02 Å².